The van der Waals surface area contributed by atoms with Crippen molar-refractivity contribution in [1.82, 2.24) is 10.6 Å². The first-order chi connectivity index (χ1) is 12.7. The van der Waals surface area contributed by atoms with E-state index in [1.54, 1.807) is 32.4 Å². The van der Waals surface area contributed by atoms with Crippen LogP contribution in [0.15, 0.2) is 59.1 Å². The highest BCUT2D eigenvalue weighted by atomic mass is 16.7. The SMILES string of the molecule is COc1ccc(OC)c(-c2cc(C(=O)NOCc3ccccc3)no2)c1. The third-order valence-corrected chi connectivity index (χ3v) is 3.66. The molecule has 7 nitrogen and oxygen atoms in total. The van der Waals surface area contributed by atoms with E-state index in [1.165, 1.54) is 6.07 Å². The van der Waals surface area contributed by atoms with Gasteiger partial charge in [0.05, 0.1) is 26.4 Å². The molecule has 0 saturated carbocycles. The monoisotopic (exact) mass is 354 g/mol. The first kappa shape index (κ1) is 17.5. The van der Waals surface area contributed by atoms with Crippen LogP contribution in [0.4, 0.5) is 0 Å². The number of aromatic nitrogens is 1. The molecule has 0 aliphatic heterocycles. The van der Waals surface area contributed by atoms with E-state index in [0.29, 0.717) is 22.8 Å². The van der Waals surface area contributed by atoms with Crippen molar-refractivity contribution in [3.8, 4) is 22.8 Å². The Bertz CT molecular complexity index is 877. The van der Waals surface area contributed by atoms with Crippen molar-refractivity contribution < 1.29 is 23.6 Å². The van der Waals surface area contributed by atoms with Gasteiger partial charge >= 0.3 is 0 Å². The molecule has 26 heavy (non-hydrogen) atoms. The molecule has 1 N–H and O–H groups in total. The third kappa shape index (κ3) is 4.01. The average molecular weight is 354 g/mol. The molecule has 0 bridgehead atoms. The van der Waals surface area contributed by atoms with Gasteiger partial charge in [-0.3, -0.25) is 9.63 Å². The van der Waals surface area contributed by atoms with Crippen LogP contribution < -0.4 is 15.0 Å². The van der Waals surface area contributed by atoms with Gasteiger partial charge < -0.3 is 14.0 Å². The van der Waals surface area contributed by atoms with Gasteiger partial charge in [-0.05, 0) is 23.8 Å². The second-order valence-electron chi connectivity index (χ2n) is 5.35. The molecule has 1 heterocycles. The molecule has 2 aromatic carbocycles. The highest BCUT2D eigenvalue weighted by Crippen LogP contribution is 2.33. The number of nitrogens with zero attached hydrogens (tertiary/aromatic N) is 1. The van der Waals surface area contributed by atoms with Gasteiger partial charge in [0.2, 0.25) is 0 Å². The molecule has 0 unspecified atom stereocenters. The number of hydrogen-bond acceptors (Lipinski definition) is 6. The van der Waals surface area contributed by atoms with Gasteiger partial charge in [0.25, 0.3) is 5.91 Å². The molecular formula is C19H18N2O5. The smallest absolute Gasteiger partial charge is 0.297 e. The summed E-state index contributed by atoms with van der Waals surface area (Å²) in [4.78, 5) is 17.3. The Hall–Kier alpha value is -3.32. The average Bonchev–Trinajstić information content (AvgIpc) is 3.18. The summed E-state index contributed by atoms with van der Waals surface area (Å²) >= 11 is 0. The number of carbonyl (C=O) groups is 1. The lowest BCUT2D eigenvalue weighted by atomic mass is 10.1. The maximum Gasteiger partial charge on any atom is 0.297 e. The number of ether oxygens (including phenoxy) is 2. The highest BCUT2D eigenvalue weighted by Gasteiger charge is 2.17. The molecule has 0 aliphatic carbocycles. The van der Waals surface area contributed by atoms with Gasteiger partial charge in [0.1, 0.15) is 11.5 Å². The number of carbonyl (C=O) groups excluding carboxylic acids is 1. The number of rotatable bonds is 7. The van der Waals surface area contributed by atoms with Gasteiger partial charge in [-0.15, -0.1) is 0 Å². The van der Waals surface area contributed by atoms with Crippen molar-refractivity contribution in [1.29, 1.82) is 0 Å². The summed E-state index contributed by atoms with van der Waals surface area (Å²) in [6.45, 7) is 0.251. The Labute approximate surface area is 150 Å². The van der Waals surface area contributed by atoms with E-state index in [0.717, 1.165) is 5.56 Å². The molecule has 0 spiro atoms. The number of hydrogen-bond donors (Lipinski definition) is 1. The van der Waals surface area contributed by atoms with Crippen LogP contribution in [0.2, 0.25) is 0 Å². The van der Waals surface area contributed by atoms with Crippen LogP contribution in [0.1, 0.15) is 16.1 Å². The first-order valence-corrected chi connectivity index (χ1v) is 7.86. The number of methoxy groups -OCH3 is 2. The van der Waals surface area contributed by atoms with Crippen LogP contribution in [0, 0.1) is 0 Å². The topological polar surface area (TPSA) is 82.8 Å². The van der Waals surface area contributed by atoms with E-state index >= 15 is 0 Å². The summed E-state index contributed by atoms with van der Waals surface area (Å²) in [5.41, 5.74) is 4.01. The molecule has 7 heteroatoms. The lowest BCUT2D eigenvalue weighted by molar-refractivity contribution is 0.0226. The van der Waals surface area contributed by atoms with Crippen molar-refractivity contribution in [2.45, 2.75) is 6.61 Å². The summed E-state index contributed by atoms with van der Waals surface area (Å²) in [5.74, 6) is 1.09. The number of amides is 1. The Morgan fingerprint density at radius 1 is 1.08 bits per heavy atom. The van der Waals surface area contributed by atoms with Crippen LogP contribution in [0.3, 0.4) is 0 Å². The normalized spacial score (nSPS) is 10.4. The second kappa shape index (κ2) is 8.17. The highest BCUT2D eigenvalue weighted by molar-refractivity contribution is 5.92. The minimum absolute atomic E-state index is 0.0953. The Morgan fingerprint density at radius 3 is 2.62 bits per heavy atom. The standard InChI is InChI=1S/C19H18N2O5/c1-23-14-8-9-17(24-2)15(10-14)18-11-16(20-26-18)19(22)21-25-12-13-6-4-3-5-7-13/h3-11H,12H2,1-2H3,(H,21,22). The zero-order valence-electron chi connectivity index (χ0n) is 14.4. The lowest BCUT2D eigenvalue weighted by Gasteiger charge is -2.07. The minimum atomic E-state index is -0.502. The van der Waals surface area contributed by atoms with Crippen molar-refractivity contribution >= 4 is 5.91 Å². The molecule has 0 radical (unpaired) electrons. The van der Waals surface area contributed by atoms with Gasteiger partial charge in [0.15, 0.2) is 11.5 Å². The van der Waals surface area contributed by atoms with Gasteiger partial charge in [-0.1, -0.05) is 35.5 Å². The molecule has 1 aromatic heterocycles. The van der Waals surface area contributed by atoms with E-state index in [1.807, 2.05) is 30.3 Å². The molecule has 3 rings (SSSR count). The summed E-state index contributed by atoms with van der Waals surface area (Å²) < 4.78 is 15.8. The van der Waals surface area contributed by atoms with Crippen LogP contribution >= 0.6 is 0 Å². The Kier molecular flexibility index (Phi) is 5.50. The Morgan fingerprint density at radius 2 is 1.88 bits per heavy atom. The summed E-state index contributed by atoms with van der Waals surface area (Å²) in [6.07, 6.45) is 0. The maximum atomic E-state index is 12.1. The van der Waals surface area contributed by atoms with E-state index in [-0.39, 0.29) is 12.3 Å². The quantitative estimate of drug-likeness (QED) is 0.656. The van der Waals surface area contributed by atoms with E-state index in [2.05, 4.69) is 10.6 Å². The fraction of sp³-hybridized carbons (Fsp3) is 0.158. The van der Waals surface area contributed by atoms with Crippen molar-refractivity contribution in [3.63, 3.8) is 0 Å². The van der Waals surface area contributed by atoms with Gasteiger partial charge in [-0.2, -0.15) is 0 Å². The first-order valence-electron chi connectivity index (χ1n) is 7.86. The predicted octanol–water partition coefficient (Wildman–Crippen LogP) is 3.22. The summed E-state index contributed by atoms with van der Waals surface area (Å²) in [7, 11) is 3.11. The zero-order chi connectivity index (χ0) is 18.4. The lowest BCUT2D eigenvalue weighted by Crippen LogP contribution is -2.23. The molecule has 0 aliphatic rings. The van der Waals surface area contributed by atoms with E-state index in [4.69, 9.17) is 18.8 Å². The largest absolute Gasteiger partial charge is 0.497 e. The van der Waals surface area contributed by atoms with E-state index in [9.17, 15) is 4.79 Å². The molecule has 3 aromatic rings. The fourth-order valence-electron chi connectivity index (χ4n) is 2.33. The molecule has 0 atom stereocenters. The van der Waals surface area contributed by atoms with Crippen molar-refractivity contribution in [2.75, 3.05) is 14.2 Å². The van der Waals surface area contributed by atoms with E-state index < -0.39 is 5.91 Å². The maximum absolute atomic E-state index is 12.1. The van der Waals surface area contributed by atoms with Crippen LogP contribution in [0.5, 0.6) is 11.5 Å². The molecule has 0 saturated heterocycles. The van der Waals surface area contributed by atoms with Crippen molar-refractivity contribution in [2.24, 2.45) is 0 Å². The number of nitrogens with one attached hydrogen (secondary N) is 1. The molecular weight excluding hydrogens is 336 g/mol. The minimum Gasteiger partial charge on any atom is -0.497 e. The van der Waals surface area contributed by atoms with Crippen LogP contribution in [0.25, 0.3) is 11.3 Å². The molecule has 134 valence electrons. The summed E-state index contributed by atoms with van der Waals surface area (Å²) in [5, 5.41) is 3.79. The zero-order valence-corrected chi connectivity index (χ0v) is 14.4. The predicted molar refractivity (Wildman–Crippen MR) is 93.7 cm³/mol. The summed E-state index contributed by atoms with van der Waals surface area (Å²) in [6, 6.07) is 16.3. The number of benzene rings is 2. The second-order valence-corrected chi connectivity index (χ2v) is 5.35. The molecule has 0 fully saturated rings. The van der Waals surface area contributed by atoms with Crippen molar-refractivity contribution in [3.05, 3.63) is 65.9 Å². The van der Waals surface area contributed by atoms with Crippen LogP contribution in [-0.4, -0.2) is 25.3 Å². The number of hydroxylamine groups is 1. The van der Waals surface area contributed by atoms with Gasteiger partial charge in [-0.25, -0.2) is 5.48 Å². The van der Waals surface area contributed by atoms with Crippen LogP contribution in [-0.2, 0) is 11.4 Å². The fourth-order valence-corrected chi connectivity index (χ4v) is 2.33. The van der Waals surface area contributed by atoms with Gasteiger partial charge in [0, 0.05) is 6.07 Å². The Balaban J connectivity index is 1.68. The third-order valence-electron chi connectivity index (χ3n) is 3.66. The molecule has 1 amide bonds.